The summed E-state index contributed by atoms with van der Waals surface area (Å²) >= 11 is 1.58. The molecule has 1 aromatic carbocycles. The van der Waals surface area contributed by atoms with Gasteiger partial charge in [-0.1, -0.05) is 12.1 Å². The molecule has 118 valence electrons. The summed E-state index contributed by atoms with van der Waals surface area (Å²) in [6, 6.07) is 5.92. The van der Waals surface area contributed by atoms with Crippen molar-refractivity contribution in [2.75, 3.05) is 13.2 Å². The Labute approximate surface area is 132 Å². The van der Waals surface area contributed by atoms with Gasteiger partial charge in [-0.15, -0.1) is 11.3 Å². The van der Waals surface area contributed by atoms with Gasteiger partial charge < -0.3 is 10.2 Å². The Kier molecular flexibility index (Phi) is 4.54. The number of benzene rings is 1. The van der Waals surface area contributed by atoms with E-state index in [-0.39, 0.29) is 24.4 Å². The Hall–Kier alpha value is -1.34. The Morgan fingerprint density at radius 1 is 1.36 bits per heavy atom. The molecule has 6 heteroatoms. The number of rotatable bonds is 4. The minimum atomic E-state index is -0.663. The lowest BCUT2D eigenvalue weighted by atomic mass is 9.94. The molecule has 0 amide bonds. The van der Waals surface area contributed by atoms with Crippen LogP contribution in [-0.4, -0.2) is 45.4 Å². The van der Waals surface area contributed by atoms with Crippen molar-refractivity contribution in [2.24, 2.45) is 0 Å². The van der Waals surface area contributed by atoms with Gasteiger partial charge in [-0.3, -0.25) is 4.90 Å². The molecule has 1 fully saturated rings. The number of thiazole rings is 1. The molecule has 1 aromatic heterocycles. The van der Waals surface area contributed by atoms with E-state index < -0.39 is 6.10 Å². The predicted octanol–water partition coefficient (Wildman–Crippen LogP) is 1.91. The third kappa shape index (κ3) is 2.92. The molecular formula is C16H19FN2O2S. The van der Waals surface area contributed by atoms with E-state index in [1.54, 1.807) is 23.5 Å². The van der Waals surface area contributed by atoms with Crippen LogP contribution in [0.15, 0.2) is 29.8 Å². The van der Waals surface area contributed by atoms with Crippen molar-refractivity contribution in [1.82, 2.24) is 9.88 Å². The monoisotopic (exact) mass is 322 g/mol. The summed E-state index contributed by atoms with van der Waals surface area (Å²) in [4.78, 5) is 7.47. The number of aryl methyl sites for hydroxylation is 1. The molecule has 0 radical (unpaired) electrons. The molecule has 0 saturated carbocycles. The molecule has 22 heavy (non-hydrogen) atoms. The van der Waals surface area contributed by atoms with Crippen LogP contribution in [0.4, 0.5) is 4.39 Å². The van der Waals surface area contributed by atoms with Crippen molar-refractivity contribution in [2.45, 2.75) is 31.5 Å². The van der Waals surface area contributed by atoms with Gasteiger partial charge in [-0.05, 0) is 24.6 Å². The van der Waals surface area contributed by atoms with Crippen LogP contribution in [0.3, 0.4) is 0 Å². The van der Waals surface area contributed by atoms with Crippen LogP contribution in [0.2, 0.25) is 0 Å². The number of likely N-dealkylation sites (tertiary alicyclic amines) is 1. The number of halogens is 1. The molecule has 3 rings (SSSR count). The molecule has 0 spiro atoms. The fourth-order valence-corrected chi connectivity index (χ4v) is 3.86. The van der Waals surface area contributed by atoms with E-state index in [9.17, 15) is 14.6 Å². The molecule has 1 aliphatic heterocycles. The lowest BCUT2D eigenvalue weighted by Gasteiger charge is -2.23. The number of hydrogen-bond acceptors (Lipinski definition) is 5. The molecule has 2 heterocycles. The van der Waals surface area contributed by atoms with E-state index in [4.69, 9.17) is 0 Å². The lowest BCUT2D eigenvalue weighted by molar-refractivity contribution is 0.0644. The molecule has 2 N–H and O–H groups in total. The highest BCUT2D eigenvalue weighted by Gasteiger charge is 2.41. The molecule has 2 aromatic rings. The largest absolute Gasteiger partial charge is 0.395 e. The highest BCUT2D eigenvalue weighted by atomic mass is 32.1. The molecule has 3 atom stereocenters. The second-order valence-corrected chi connectivity index (χ2v) is 6.63. The van der Waals surface area contributed by atoms with Gasteiger partial charge >= 0.3 is 0 Å². The van der Waals surface area contributed by atoms with Gasteiger partial charge in [0, 0.05) is 23.9 Å². The zero-order valence-corrected chi connectivity index (χ0v) is 13.1. The topological polar surface area (TPSA) is 56.6 Å². The summed E-state index contributed by atoms with van der Waals surface area (Å²) in [6.07, 6.45) is -0.663. The smallest absolute Gasteiger partial charge is 0.123 e. The minimum Gasteiger partial charge on any atom is -0.395 e. The molecule has 0 unspecified atom stereocenters. The van der Waals surface area contributed by atoms with Crippen LogP contribution in [0.1, 0.15) is 22.1 Å². The Balaban J connectivity index is 1.80. The summed E-state index contributed by atoms with van der Waals surface area (Å²) < 4.78 is 13.1. The third-order valence-corrected chi connectivity index (χ3v) is 5.30. The van der Waals surface area contributed by atoms with Gasteiger partial charge in [0.1, 0.15) is 5.82 Å². The quantitative estimate of drug-likeness (QED) is 0.903. The first-order chi connectivity index (χ1) is 10.6. The third-order valence-electron chi connectivity index (χ3n) is 4.38. The van der Waals surface area contributed by atoms with E-state index >= 15 is 0 Å². The van der Waals surface area contributed by atoms with Crippen LogP contribution in [0, 0.1) is 12.7 Å². The summed E-state index contributed by atoms with van der Waals surface area (Å²) in [5.74, 6) is -0.405. The molecule has 0 aliphatic carbocycles. The van der Waals surface area contributed by atoms with Gasteiger partial charge in [0.2, 0.25) is 0 Å². The maximum Gasteiger partial charge on any atom is 0.123 e. The van der Waals surface area contributed by atoms with Crippen molar-refractivity contribution in [3.63, 3.8) is 0 Å². The van der Waals surface area contributed by atoms with Crippen LogP contribution in [0.5, 0.6) is 0 Å². The normalized spacial score (nSPS) is 25.7. The molecule has 0 bridgehead atoms. The van der Waals surface area contributed by atoms with Crippen molar-refractivity contribution >= 4 is 11.3 Å². The number of aliphatic hydroxyl groups excluding tert-OH is 2. The Morgan fingerprint density at radius 3 is 2.68 bits per heavy atom. The van der Waals surface area contributed by atoms with Crippen molar-refractivity contribution in [1.29, 1.82) is 0 Å². The second-order valence-electron chi connectivity index (χ2n) is 5.69. The standard InChI is InChI=1S/C16H19FN2O2S/c1-10-15(22-9-18-10)7-19-6-13(16(21)14(19)8-20)11-2-4-12(17)5-3-11/h2-5,9,13-14,16,20-21H,6-8H2,1H3/t13-,14-,16-/m1/s1. The summed E-state index contributed by atoms with van der Waals surface area (Å²) in [7, 11) is 0. The Morgan fingerprint density at radius 2 is 2.09 bits per heavy atom. The molecule has 4 nitrogen and oxygen atoms in total. The first kappa shape index (κ1) is 15.6. The van der Waals surface area contributed by atoms with Crippen molar-refractivity contribution in [3.05, 3.63) is 51.7 Å². The predicted molar refractivity (Wildman–Crippen MR) is 83.3 cm³/mol. The number of aliphatic hydroxyl groups is 2. The first-order valence-electron chi connectivity index (χ1n) is 7.27. The average molecular weight is 322 g/mol. The van der Waals surface area contributed by atoms with Crippen LogP contribution < -0.4 is 0 Å². The lowest BCUT2D eigenvalue weighted by Crippen LogP contribution is -2.38. The van der Waals surface area contributed by atoms with Gasteiger partial charge in [0.15, 0.2) is 0 Å². The zero-order chi connectivity index (χ0) is 15.7. The van der Waals surface area contributed by atoms with E-state index in [2.05, 4.69) is 9.88 Å². The van der Waals surface area contributed by atoms with Crippen molar-refractivity contribution in [3.8, 4) is 0 Å². The minimum absolute atomic E-state index is 0.100. The average Bonchev–Trinajstić information content (AvgIpc) is 3.04. The van der Waals surface area contributed by atoms with E-state index in [0.29, 0.717) is 13.1 Å². The van der Waals surface area contributed by atoms with Gasteiger partial charge in [0.05, 0.1) is 30.0 Å². The SMILES string of the molecule is Cc1ncsc1CN1C[C@H](c2ccc(F)cc2)[C@@H](O)[C@H]1CO. The van der Waals surface area contributed by atoms with Crippen LogP contribution in [0.25, 0.3) is 0 Å². The molecular weight excluding hydrogens is 303 g/mol. The number of nitrogens with zero attached hydrogens (tertiary/aromatic N) is 2. The first-order valence-corrected chi connectivity index (χ1v) is 8.15. The van der Waals surface area contributed by atoms with Crippen LogP contribution >= 0.6 is 11.3 Å². The fraction of sp³-hybridized carbons (Fsp3) is 0.438. The van der Waals surface area contributed by atoms with Gasteiger partial charge in [0.25, 0.3) is 0 Å². The molecule has 1 aliphatic rings. The van der Waals surface area contributed by atoms with Gasteiger partial charge in [-0.2, -0.15) is 0 Å². The number of aromatic nitrogens is 1. The number of hydrogen-bond donors (Lipinski definition) is 2. The van der Waals surface area contributed by atoms with Crippen LogP contribution in [-0.2, 0) is 6.54 Å². The Bertz CT molecular complexity index is 631. The molecule has 1 saturated heterocycles. The van der Waals surface area contributed by atoms with Crippen molar-refractivity contribution < 1.29 is 14.6 Å². The van der Waals surface area contributed by atoms with E-state index in [1.165, 1.54) is 12.1 Å². The summed E-state index contributed by atoms with van der Waals surface area (Å²) in [5, 5.41) is 20.2. The maximum atomic E-state index is 13.1. The maximum absolute atomic E-state index is 13.1. The van der Waals surface area contributed by atoms with Gasteiger partial charge in [-0.25, -0.2) is 9.37 Å². The highest BCUT2D eigenvalue weighted by molar-refractivity contribution is 7.09. The fourth-order valence-electron chi connectivity index (χ4n) is 3.06. The highest BCUT2D eigenvalue weighted by Crippen LogP contribution is 2.34. The summed E-state index contributed by atoms with van der Waals surface area (Å²) in [6.45, 7) is 3.16. The second kappa shape index (κ2) is 6.42. The zero-order valence-electron chi connectivity index (χ0n) is 12.3. The van der Waals surface area contributed by atoms with E-state index in [1.807, 2.05) is 12.4 Å². The van der Waals surface area contributed by atoms with E-state index in [0.717, 1.165) is 16.1 Å². The summed E-state index contributed by atoms with van der Waals surface area (Å²) in [5.41, 5.74) is 3.69.